The number of methoxy groups -OCH3 is 1. The Morgan fingerprint density at radius 1 is 1.29 bits per heavy atom. The van der Waals surface area contributed by atoms with Crippen molar-refractivity contribution in [3.8, 4) is 6.01 Å². The van der Waals surface area contributed by atoms with Crippen LogP contribution in [-0.4, -0.2) is 32.7 Å². The van der Waals surface area contributed by atoms with E-state index in [0.29, 0.717) is 14.8 Å². The zero-order valence-electron chi connectivity index (χ0n) is 11.9. The third-order valence-corrected chi connectivity index (χ3v) is 4.23. The number of urea groups is 1. The van der Waals surface area contributed by atoms with Gasteiger partial charge in [0.15, 0.2) is 3.95 Å². The number of carbonyl (C=O) groups excluding carboxylic acids is 1. The molecule has 2 aromatic heterocycles. The predicted octanol–water partition coefficient (Wildman–Crippen LogP) is 2.27. The number of thiazole rings is 1. The molecule has 2 amide bonds. The Labute approximate surface area is 130 Å². The molecular weight excluding hydrogens is 312 g/mol. The molecule has 0 bridgehead atoms. The number of amides is 2. The summed E-state index contributed by atoms with van der Waals surface area (Å²) in [5.74, 6) is 0.567. The maximum Gasteiger partial charge on any atom is 0.326 e. The number of carbonyl (C=O) groups is 1. The van der Waals surface area contributed by atoms with E-state index < -0.39 is 6.03 Å². The molecule has 0 saturated heterocycles. The Morgan fingerprint density at radius 2 is 2.00 bits per heavy atom. The molecule has 0 atom stereocenters. The first kappa shape index (κ1) is 15.3. The van der Waals surface area contributed by atoms with Crippen LogP contribution in [0.25, 0.3) is 0 Å². The molecule has 0 unspecified atom stereocenters. The van der Waals surface area contributed by atoms with E-state index in [1.807, 2.05) is 18.5 Å². The Kier molecular flexibility index (Phi) is 4.48. The lowest BCUT2D eigenvalue weighted by Crippen LogP contribution is -2.21. The van der Waals surface area contributed by atoms with Gasteiger partial charge in [-0.25, -0.2) is 4.79 Å². The molecule has 0 saturated carbocycles. The van der Waals surface area contributed by atoms with E-state index in [4.69, 9.17) is 17.0 Å². The fraction of sp³-hybridized carbons (Fsp3) is 0.364. The maximum absolute atomic E-state index is 12.0. The summed E-state index contributed by atoms with van der Waals surface area (Å²) in [6.07, 6.45) is 0. The molecule has 0 fully saturated rings. The Bertz CT molecular complexity index is 739. The number of aromatic nitrogens is 4. The molecule has 2 rings (SSSR count). The maximum atomic E-state index is 12.0. The number of ether oxygens (including phenoxy) is 1. The normalized spacial score (nSPS) is 10.3. The van der Waals surface area contributed by atoms with E-state index in [0.717, 1.165) is 5.69 Å². The average Bonchev–Trinajstić information content (AvgIpc) is 2.65. The highest BCUT2D eigenvalue weighted by molar-refractivity contribution is 7.73. The van der Waals surface area contributed by atoms with Crippen molar-refractivity contribution in [3.05, 3.63) is 15.5 Å². The van der Waals surface area contributed by atoms with Gasteiger partial charge in [0, 0.05) is 7.05 Å². The number of nitrogens with one attached hydrogen (secondary N) is 2. The molecule has 0 aliphatic rings. The van der Waals surface area contributed by atoms with Crippen LogP contribution in [0.5, 0.6) is 6.01 Å². The van der Waals surface area contributed by atoms with Gasteiger partial charge in [-0.15, -0.1) is 0 Å². The molecule has 2 heterocycles. The predicted molar refractivity (Wildman–Crippen MR) is 82.6 cm³/mol. The van der Waals surface area contributed by atoms with Gasteiger partial charge in [0.2, 0.25) is 5.95 Å². The van der Waals surface area contributed by atoms with E-state index >= 15 is 0 Å². The van der Waals surface area contributed by atoms with Gasteiger partial charge in [0.05, 0.1) is 12.8 Å². The van der Waals surface area contributed by atoms with Crippen LogP contribution in [0.15, 0.2) is 0 Å². The second-order valence-electron chi connectivity index (χ2n) is 4.11. The number of hydrogen-bond donors (Lipinski definition) is 2. The summed E-state index contributed by atoms with van der Waals surface area (Å²) in [6, 6.07) is -0.313. The summed E-state index contributed by atoms with van der Waals surface area (Å²) >= 11 is 6.47. The highest BCUT2D eigenvalue weighted by atomic mass is 32.1. The quantitative estimate of drug-likeness (QED) is 0.840. The topological polar surface area (TPSA) is 94.0 Å². The second-order valence-corrected chi connectivity index (χ2v) is 5.76. The van der Waals surface area contributed by atoms with E-state index in [2.05, 4.69) is 25.6 Å². The first-order valence-electron chi connectivity index (χ1n) is 5.91. The summed E-state index contributed by atoms with van der Waals surface area (Å²) in [6.45, 7) is 3.55. The number of anilines is 2. The Morgan fingerprint density at radius 3 is 2.57 bits per heavy atom. The van der Waals surface area contributed by atoms with Crippen molar-refractivity contribution < 1.29 is 9.53 Å². The van der Waals surface area contributed by atoms with Gasteiger partial charge in [0.25, 0.3) is 0 Å². The van der Waals surface area contributed by atoms with Gasteiger partial charge >= 0.3 is 12.0 Å². The van der Waals surface area contributed by atoms with Gasteiger partial charge < -0.3 is 9.30 Å². The SMILES string of the molecule is COc1nc(C)nc(NC(=O)Nc2sc(=S)n(C)c2C)n1. The van der Waals surface area contributed by atoms with Gasteiger partial charge in [-0.2, -0.15) is 15.0 Å². The number of nitrogens with zero attached hydrogens (tertiary/aromatic N) is 4. The van der Waals surface area contributed by atoms with Gasteiger partial charge in [-0.05, 0) is 26.1 Å². The number of rotatable bonds is 3. The Hall–Kier alpha value is -2.07. The molecule has 2 N–H and O–H groups in total. The van der Waals surface area contributed by atoms with Crippen LogP contribution >= 0.6 is 23.6 Å². The van der Waals surface area contributed by atoms with Crippen LogP contribution < -0.4 is 15.4 Å². The lowest BCUT2D eigenvalue weighted by molar-refractivity contribution is 0.262. The summed E-state index contributed by atoms with van der Waals surface area (Å²) < 4.78 is 7.43. The lowest BCUT2D eigenvalue weighted by Gasteiger charge is -2.07. The van der Waals surface area contributed by atoms with Crippen LogP contribution in [0.2, 0.25) is 0 Å². The van der Waals surface area contributed by atoms with Crippen LogP contribution in [0.3, 0.4) is 0 Å². The molecule has 0 radical (unpaired) electrons. The fourth-order valence-electron chi connectivity index (χ4n) is 1.48. The first-order valence-corrected chi connectivity index (χ1v) is 7.14. The third-order valence-electron chi connectivity index (χ3n) is 2.66. The molecule has 21 heavy (non-hydrogen) atoms. The minimum Gasteiger partial charge on any atom is -0.467 e. The molecular formula is C11H14N6O2S2. The van der Waals surface area contributed by atoms with Crippen molar-refractivity contribution >= 4 is 40.5 Å². The second kappa shape index (κ2) is 6.14. The van der Waals surface area contributed by atoms with Crippen LogP contribution in [0.1, 0.15) is 11.5 Å². The summed E-state index contributed by atoms with van der Waals surface area (Å²) in [5.41, 5.74) is 0.879. The molecule has 0 aliphatic carbocycles. The first-order chi connectivity index (χ1) is 9.90. The van der Waals surface area contributed by atoms with Crippen molar-refractivity contribution in [3.63, 3.8) is 0 Å². The number of aryl methyl sites for hydroxylation is 1. The smallest absolute Gasteiger partial charge is 0.326 e. The largest absolute Gasteiger partial charge is 0.467 e. The van der Waals surface area contributed by atoms with Crippen molar-refractivity contribution in [2.75, 3.05) is 17.7 Å². The van der Waals surface area contributed by atoms with E-state index in [9.17, 15) is 4.79 Å². The van der Waals surface area contributed by atoms with Crippen molar-refractivity contribution in [1.29, 1.82) is 0 Å². The summed E-state index contributed by atoms with van der Waals surface area (Å²) in [4.78, 5) is 23.9. The summed E-state index contributed by atoms with van der Waals surface area (Å²) in [5, 5.41) is 5.93. The molecule has 8 nitrogen and oxygen atoms in total. The van der Waals surface area contributed by atoms with Crippen molar-refractivity contribution in [1.82, 2.24) is 19.5 Å². The molecule has 0 aliphatic heterocycles. The van der Waals surface area contributed by atoms with Crippen LogP contribution in [0, 0.1) is 17.8 Å². The molecule has 0 spiro atoms. The monoisotopic (exact) mass is 326 g/mol. The fourth-order valence-corrected chi connectivity index (χ4v) is 2.74. The third kappa shape index (κ3) is 3.52. The highest BCUT2D eigenvalue weighted by Gasteiger charge is 2.12. The van der Waals surface area contributed by atoms with Gasteiger partial charge in [0.1, 0.15) is 10.8 Å². The van der Waals surface area contributed by atoms with E-state index in [1.54, 1.807) is 6.92 Å². The van der Waals surface area contributed by atoms with Crippen LogP contribution in [-0.2, 0) is 7.05 Å². The van der Waals surface area contributed by atoms with E-state index in [-0.39, 0.29) is 12.0 Å². The Balaban J connectivity index is 2.13. The van der Waals surface area contributed by atoms with E-state index in [1.165, 1.54) is 18.4 Å². The van der Waals surface area contributed by atoms with Gasteiger partial charge in [-0.3, -0.25) is 10.6 Å². The zero-order chi connectivity index (χ0) is 15.6. The summed E-state index contributed by atoms with van der Waals surface area (Å²) in [7, 11) is 3.29. The standard InChI is InChI=1S/C11H14N6O2S2/c1-5-7(21-11(20)17(5)3)14-9(18)15-8-12-6(2)13-10(16-8)19-4/h1-4H3,(H2,12,13,14,15,16,18). The highest BCUT2D eigenvalue weighted by Crippen LogP contribution is 2.23. The van der Waals surface area contributed by atoms with Gasteiger partial charge in [-0.1, -0.05) is 11.3 Å². The van der Waals surface area contributed by atoms with Crippen LogP contribution in [0.4, 0.5) is 15.7 Å². The van der Waals surface area contributed by atoms with Crippen molar-refractivity contribution in [2.45, 2.75) is 13.8 Å². The lowest BCUT2D eigenvalue weighted by atomic mass is 10.5. The minimum absolute atomic E-state index is 0.119. The molecule has 2 aromatic rings. The molecule has 112 valence electrons. The average molecular weight is 326 g/mol. The zero-order valence-corrected chi connectivity index (χ0v) is 13.6. The minimum atomic E-state index is -0.456. The number of hydrogen-bond acceptors (Lipinski definition) is 7. The molecule has 0 aromatic carbocycles. The molecule has 10 heteroatoms. The van der Waals surface area contributed by atoms with Crippen molar-refractivity contribution in [2.24, 2.45) is 7.05 Å².